The summed E-state index contributed by atoms with van der Waals surface area (Å²) < 4.78 is 0. The van der Waals surface area contributed by atoms with Gasteiger partial charge in [0.05, 0.1) is 6.04 Å². The maximum absolute atomic E-state index is 12.8. The second-order valence-corrected chi connectivity index (χ2v) is 5.78. The Labute approximate surface area is 131 Å². The van der Waals surface area contributed by atoms with Gasteiger partial charge in [-0.15, -0.1) is 0 Å². The van der Waals surface area contributed by atoms with Gasteiger partial charge in [-0.3, -0.25) is 19.4 Å². The van der Waals surface area contributed by atoms with E-state index in [1.165, 1.54) is 17.7 Å². The third kappa shape index (κ3) is 4.31. The molecule has 1 fully saturated rings. The first-order chi connectivity index (χ1) is 10.6. The Morgan fingerprint density at radius 1 is 1.14 bits per heavy atom. The second-order valence-electron chi connectivity index (χ2n) is 5.78. The van der Waals surface area contributed by atoms with Crippen molar-refractivity contribution in [2.45, 2.75) is 38.6 Å². The van der Waals surface area contributed by atoms with Crippen LogP contribution in [0.25, 0.3) is 0 Å². The van der Waals surface area contributed by atoms with Crippen LogP contribution in [0.5, 0.6) is 0 Å². The zero-order chi connectivity index (χ0) is 15.9. The van der Waals surface area contributed by atoms with E-state index in [2.05, 4.69) is 4.90 Å². The van der Waals surface area contributed by atoms with Gasteiger partial charge in [-0.2, -0.15) is 0 Å². The van der Waals surface area contributed by atoms with Crippen molar-refractivity contribution in [3.8, 4) is 0 Å². The van der Waals surface area contributed by atoms with Crippen LogP contribution in [0.3, 0.4) is 0 Å². The number of rotatable bonds is 5. The number of carbonyl (C=O) groups excluding carboxylic acids is 1. The molecule has 1 atom stereocenters. The van der Waals surface area contributed by atoms with Crippen LogP contribution in [-0.2, 0) is 9.59 Å². The monoisotopic (exact) mass is 304 g/mol. The summed E-state index contributed by atoms with van der Waals surface area (Å²) in [6.45, 7) is 3.39. The van der Waals surface area contributed by atoms with Crippen LogP contribution in [0.4, 0.5) is 5.69 Å². The number of hydrogen-bond donors (Lipinski definition) is 1. The van der Waals surface area contributed by atoms with E-state index in [0.717, 1.165) is 25.9 Å². The normalized spacial score (nSPS) is 17.5. The number of anilines is 1. The highest BCUT2D eigenvalue weighted by Gasteiger charge is 2.28. The van der Waals surface area contributed by atoms with Crippen molar-refractivity contribution in [3.63, 3.8) is 0 Å². The van der Waals surface area contributed by atoms with Crippen LogP contribution >= 0.6 is 0 Å². The number of para-hydroxylation sites is 1. The van der Waals surface area contributed by atoms with Crippen LogP contribution in [0.2, 0.25) is 0 Å². The van der Waals surface area contributed by atoms with Crippen molar-refractivity contribution >= 4 is 17.6 Å². The number of carboxylic acids is 1. The maximum atomic E-state index is 12.8. The molecule has 1 N–H and O–H groups in total. The Morgan fingerprint density at radius 2 is 1.73 bits per heavy atom. The lowest BCUT2D eigenvalue weighted by Crippen LogP contribution is -2.49. The Bertz CT molecular complexity index is 496. The van der Waals surface area contributed by atoms with Crippen molar-refractivity contribution in [2.24, 2.45) is 0 Å². The minimum atomic E-state index is -1.000. The lowest BCUT2D eigenvalue weighted by Gasteiger charge is -2.31. The van der Waals surface area contributed by atoms with E-state index in [0.29, 0.717) is 5.69 Å². The van der Waals surface area contributed by atoms with E-state index in [4.69, 9.17) is 5.11 Å². The molecule has 1 saturated heterocycles. The van der Waals surface area contributed by atoms with Crippen molar-refractivity contribution < 1.29 is 14.7 Å². The number of benzene rings is 1. The Morgan fingerprint density at radius 3 is 2.27 bits per heavy atom. The molecule has 1 aromatic carbocycles. The highest BCUT2D eigenvalue weighted by atomic mass is 16.4. The van der Waals surface area contributed by atoms with Crippen LogP contribution in [0.15, 0.2) is 30.3 Å². The minimum absolute atomic E-state index is 0.143. The molecule has 5 heteroatoms. The third-order valence-electron chi connectivity index (χ3n) is 4.17. The van der Waals surface area contributed by atoms with Gasteiger partial charge < -0.3 is 5.11 Å². The summed E-state index contributed by atoms with van der Waals surface area (Å²) in [6, 6.07) is 8.73. The summed E-state index contributed by atoms with van der Waals surface area (Å²) in [5.74, 6) is -1.14. The topological polar surface area (TPSA) is 60.9 Å². The molecule has 1 amide bonds. The second kappa shape index (κ2) is 7.94. The standard InChI is InChI=1S/C17H24N2O3/c1-14(18-11-7-2-3-8-12-18)17(22)19(13-16(20)21)15-9-5-4-6-10-15/h4-6,9-10,14H,2-3,7-8,11-13H2,1H3,(H,20,21). The minimum Gasteiger partial charge on any atom is -0.480 e. The molecular formula is C17H24N2O3. The molecule has 120 valence electrons. The SMILES string of the molecule is CC(C(=O)N(CC(=O)O)c1ccccc1)N1CCCCCC1. The highest BCUT2D eigenvalue weighted by molar-refractivity contribution is 6.00. The predicted molar refractivity (Wildman–Crippen MR) is 85.9 cm³/mol. The van der Waals surface area contributed by atoms with E-state index in [9.17, 15) is 9.59 Å². The van der Waals surface area contributed by atoms with Gasteiger partial charge in [0, 0.05) is 5.69 Å². The average molecular weight is 304 g/mol. The molecule has 0 aliphatic carbocycles. The number of nitrogens with zero attached hydrogens (tertiary/aromatic N) is 2. The molecule has 0 aromatic heterocycles. The molecule has 1 aromatic rings. The van der Waals surface area contributed by atoms with Crippen molar-refractivity contribution in [1.82, 2.24) is 4.90 Å². The lowest BCUT2D eigenvalue weighted by atomic mass is 10.2. The van der Waals surface area contributed by atoms with Gasteiger partial charge in [0.15, 0.2) is 0 Å². The molecule has 0 radical (unpaired) electrons. The molecule has 0 bridgehead atoms. The fourth-order valence-electron chi connectivity index (χ4n) is 2.90. The summed E-state index contributed by atoms with van der Waals surface area (Å²) in [4.78, 5) is 27.5. The zero-order valence-corrected chi connectivity index (χ0v) is 13.1. The number of hydrogen-bond acceptors (Lipinski definition) is 3. The molecule has 2 rings (SSSR count). The molecular weight excluding hydrogens is 280 g/mol. The molecule has 0 saturated carbocycles. The fourth-order valence-corrected chi connectivity index (χ4v) is 2.90. The summed E-state index contributed by atoms with van der Waals surface area (Å²) in [5, 5.41) is 9.12. The summed E-state index contributed by atoms with van der Waals surface area (Å²) in [6.07, 6.45) is 4.60. The number of amides is 1. The predicted octanol–water partition coefficient (Wildman–Crippen LogP) is 2.37. The fraction of sp³-hybridized carbons (Fsp3) is 0.529. The van der Waals surface area contributed by atoms with Crippen molar-refractivity contribution in [2.75, 3.05) is 24.5 Å². The zero-order valence-electron chi connectivity index (χ0n) is 13.1. The van der Waals surface area contributed by atoms with Gasteiger partial charge in [-0.25, -0.2) is 0 Å². The first-order valence-electron chi connectivity index (χ1n) is 7.92. The van der Waals surface area contributed by atoms with Crippen molar-refractivity contribution in [3.05, 3.63) is 30.3 Å². The summed E-state index contributed by atoms with van der Waals surface area (Å²) in [7, 11) is 0. The van der Waals surface area contributed by atoms with E-state index in [1.54, 1.807) is 12.1 Å². The van der Waals surface area contributed by atoms with Crippen molar-refractivity contribution in [1.29, 1.82) is 0 Å². The number of carboxylic acid groups (broad SMARTS) is 1. The highest BCUT2D eigenvalue weighted by Crippen LogP contribution is 2.18. The Hall–Kier alpha value is -1.88. The number of likely N-dealkylation sites (tertiary alicyclic amines) is 1. The van der Waals surface area contributed by atoms with Crippen LogP contribution in [-0.4, -0.2) is 47.6 Å². The van der Waals surface area contributed by atoms with Gasteiger partial charge in [-0.1, -0.05) is 31.0 Å². The van der Waals surface area contributed by atoms with E-state index in [-0.39, 0.29) is 18.5 Å². The van der Waals surface area contributed by atoms with E-state index in [1.807, 2.05) is 25.1 Å². The van der Waals surface area contributed by atoms with Crippen LogP contribution in [0.1, 0.15) is 32.6 Å². The van der Waals surface area contributed by atoms with Gasteiger partial charge in [0.1, 0.15) is 6.54 Å². The molecule has 5 nitrogen and oxygen atoms in total. The molecule has 1 unspecified atom stereocenters. The molecule has 22 heavy (non-hydrogen) atoms. The van der Waals surface area contributed by atoms with Crippen LogP contribution < -0.4 is 4.90 Å². The number of aliphatic carboxylic acids is 1. The van der Waals surface area contributed by atoms with Gasteiger partial charge in [0.2, 0.25) is 5.91 Å². The van der Waals surface area contributed by atoms with E-state index < -0.39 is 5.97 Å². The van der Waals surface area contributed by atoms with Gasteiger partial charge >= 0.3 is 5.97 Å². The third-order valence-corrected chi connectivity index (χ3v) is 4.17. The quantitative estimate of drug-likeness (QED) is 0.907. The molecule has 0 spiro atoms. The lowest BCUT2D eigenvalue weighted by molar-refractivity contribution is -0.137. The first kappa shape index (κ1) is 16.5. The Kier molecular flexibility index (Phi) is 5.95. The smallest absolute Gasteiger partial charge is 0.323 e. The Balaban J connectivity index is 2.15. The molecule has 1 heterocycles. The van der Waals surface area contributed by atoms with Gasteiger partial charge in [0.25, 0.3) is 0 Å². The number of carbonyl (C=O) groups is 2. The van der Waals surface area contributed by atoms with E-state index >= 15 is 0 Å². The summed E-state index contributed by atoms with van der Waals surface area (Å²) >= 11 is 0. The van der Waals surface area contributed by atoms with Crippen LogP contribution in [0, 0.1) is 0 Å². The van der Waals surface area contributed by atoms with Gasteiger partial charge in [-0.05, 0) is 45.0 Å². The maximum Gasteiger partial charge on any atom is 0.323 e. The first-order valence-corrected chi connectivity index (χ1v) is 7.92. The summed E-state index contributed by atoms with van der Waals surface area (Å²) in [5.41, 5.74) is 0.636. The largest absolute Gasteiger partial charge is 0.480 e. The average Bonchev–Trinajstić information content (AvgIpc) is 2.81. The molecule has 1 aliphatic rings. The molecule has 1 aliphatic heterocycles.